The van der Waals surface area contributed by atoms with Crippen LogP contribution in [-0.2, 0) is 15.2 Å². The Labute approximate surface area is 229 Å². The Kier molecular flexibility index (Phi) is 6.71. The molecule has 204 valence electrons. The minimum atomic E-state index is -1.00. The summed E-state index contributed by atoms with van der Waals surface area (Å²) in [6.07, 6.45) is 2.35. The molecule has 0 saturated carbocycles. The lowest BCUT2D eigenvalue weighted by Crippen LogP contribution is -2.63. The van der Waals surface area contributed by atoms with Crippen LogP contribution in [0.4, 0.5) is 13.6 Å². The number of rotatable bonds is 4. The first-order chi connectivity index (χ1) is 18.9. The number of carbonyl (C=O) groups excluding carboxylic acids is 2. The maximum absolute atomic E-state index is 15.2. The highest BCUT2D eigenvalue weighted by molar-refractivity contribution is 8.00. The Balaban J connectivity index is 1.56. The fourth-order valence-electron chi connectivity index (χ4n) is 5.46. The number of hydrogen-bond donors (Lipinski definition) is 0. The molecule has 6 rings (SSSR count). The molecule has 3 aliphatic rings. The van der Waals surface area contributed by atoms with E-state index in [4.69, 9.17) is 9.47 Å². The van der Waals surface area contributed by atoms with Gasteiger partial charge in [0.05, 0.1) is 11.3 Å². The van der Waals surface area contributed by atoms with Crippen LogP contribution in [0.3, 0.4) is 0 Å². The monoisotopic (exact) mass is 575 g/mol. The molecule has 2 atom stereocenters. The van der Waals surface area contributed by atoms with E-state index >= 15 is 4.39 Å². The van der Waals surface area contributed by atoms with E-state index in [9.17, 15) is 18.8 Å². The van der Waals surface area contributed by atoms with Crippen LogP contribution in [0.5, 0.6) is 5.75 Å². The number of pyridine rings is 1. The van der Waals surface area contributed by atoms with Gasteiger partial charge < -0.3 is 19.1 Å². The van der Waals surface area contributed by atoms with Crippen LogP contribution < -0.4 is 15.2 Å². The van der Waals surface area contributed by atoms with Crippen molar-refractivity contribution in [3.05, 3.63) is 80.1 Å². The molecule has 1 amide bonds. The number of fused-ring (bicyclic) bond motifs is 4. The first-order valence-corrected chi connectivity index (χ1v) is 14.1. The summed E-state index contributed by atoms with van der Waals surface area (Å²) in [6.45, 7) is -0.193. The van der Waals surface area contributed by atoms with E-state index in [1.54, 1.807) is 15.6 Å². The molecule has 0 bridgehead atoms. The number of amides is 1. The predicted molar refractivity (Wildman–Crippen MR) is 139 cm³/mol. The van der Waals surface area contributed by atoms with Gasteiger partial charge in [0.2, 0.25) is 18.0 Å². The fraction of sp³-hybridized carbons (Fsp3) is 0.346. The summed E-state index contributed by atoms with van der Waals surface area (Å²) in [5.41, 5.74) is 1.14. The lowest BCUT2D eigenvalue weighted by Gasteiger charge is -2.51. The molecule has 0 N–H and O–H groups in total. The molecule has 3 aromatic rings. The van der Waals surface area contributed by atoms with Gasteiger partial charge in [0.15, 0.2) is 17.3 Å². The molecule has 9 nitrogen and oxygen atoms in total. The fourth-order valence-corrected chi connectivity index (χ4v) is 7.64. The third-order valence-corrected chi connectivity index (χ3v) is 9.46. The largest absolute Gasteiger partial charge is 0.510 e. The Morgan fingerprint density at radius 1 is 1.13 bits per heavy atom. The highest BCUT2D eigenvalue weighted by Gasteiger charge is 2.46. The summed E-state index contributed by atoms with van der Waals surface area (Å²) < 4.78 is 46.9. The van der Waals surface area contributed by atoms with Crippen LogP contribution in [0.1, 0.15) is 52.5 Å². The first kappa shape index (κ1) is 25.7. The highest BCUT2D eigenvalue weighted by Crippen LogP contribution is 2.47. The van der Waals surface area contributed by atoms with Gasteiger partial charge in [0, 0.05) is 35.7 Å². The van der Waals surface area contributed by atoms with Crippen molar-refractivity contribution in [3.63, 3.8) is 0 Å². The average Bonchev–Trinajstić information content (AvgIpc) is 3.35. The van der Waals surface area contributed by atoms with Gasteiger partial charge in [-0.1, -0.05) is 6.07 Å². The molecule has 1 saturated heterocycles. The Morgan fingerprint density at radius 3 is 2.79 bits per heavy atom. The SMILES string of the molecule is COC(=O)OCOc1c2n(ccc1=O)N([C@@H]1c3ccsc3SCc3c1ccc(F)c3F)[C@@H]1CCCCN1C2=O. The maximum atomic E-state index is 15.2. The van der Waals surface area contributed by atoms with E-state index in [1.807, 2.05) is 16.5 Å². The molecule has 2 aromatic heterocycles. The van der Waals surface area contributed by atoms with Gasteiger partial charge in [-0.15, -0.1) is 23.1 Å². The number of methoxy groups -OCH3 is 1. The number of ether oxygens (including phenoxy) is 3. The molecule has 3 aliphatic heterocycles. The van der Waals surface area contributed by atoms with Gasteiger partial charge >= 0.3 is 6.16 Å². The maximum Gasteiger partial charge on any atom is 0.510 e. The second-order valence-electron chi connectivity index (χ2n) is 9.20. The van der Waals surface area contributed by atoms with E-state index in [-0.39, 0.29) is 22.8 Å². The Hall–Kier alpha value is -3.58. The van der Waals surface area contributed by atoms with Crippen molar-refractivity contribution >= 4 is 35.2 Å². The molecule has 1 aromatic carbocycles. The minimum absolute atomic E-state index is 0.0353. The first-order valence-electron chi connectivity index (χ1n) is 12.3. The second kappa shape index (κ2) is 10.2. The lowest BCUT2D eigenvalue weighted by atomic mass is 9.93. The molecule has 0 spiro atoms. The zero-order chi connectivity index (χ0) is 27.3. The standard InChI is InChI=1S/C26H23F2N3O6S2/c1-35-26(34)37-13-36-23-18(32)7-10-30-22(23)24(33)29-9-3-2-4-19(29)31(30)21-14-5-6-17(27)20(28)16(14)12-39-25-15(21)8-11-38-25/h5-8,10-11,19,21H,2-4,9,12-13H2,1H3/t19-,21+/m1/s1. The molecule has 1 fully saturated rings. The van der Waals surface area contributed by atoms with Crippen molar-refractivity contribution < 1.29 is 32.6 Å². The Bertz CT molecular complexity index is 1530. The second-order valence-corrected chi connectivity index (χ2v) is 11.4. The summed E-state index contributed by atoms with van der Waals surface area (Å²) in [5.74, 6) is -2.24. The number of aromatic nitrogens is 1. The van der Waals surface area contributed by atoms with Crippen LogP contribution in [-0.4, -0.2) is 48.3 Å². The zero-order valence-corrected chi connectivity index (χ0v) is 22.4. The number of thioether (sulfide) groups is 1. The molecular weight excluding hydrogens is 552 g/mol. The molecule has 0 unspecified atom stereocenters. The third-order valence-electron chi connectivity index (χ3n) is 7.16. The summed E-state index contributed by atoms with van der Waals surface area (Å²) in [5, 5.41) is 3.91. The van der Waals surface area contributed by atoms with Gasteiger partial charge in [-0.05, 0) is 42.3 Å². The van der Waals surface area contributed by atoms with Crippen LogP contribution in [0.25, 0.3) is 0 Å². The summed E-state index contributed by atoms with van der Waals surface area (Å²) in [4.78, 5) is 39.9. The molecular formula is C26H23F2N3O6S2. The number of halogens is 2. The van der Waals surface area contributed by atoms with Crippen molar-refractivity contribution in [1.29, 1.82) is 0 Å². The van der Waals surface area contributed by atoms with Gasteiger partial charge in [0.1, 0.15) is 12.2 Å². The van der Waals surface area contributed by atoms with Gasteiger partial charge in [0.25, 0.3) is 5.91 Å². The van der Waals surface area contributed by atoms with Crippen LogP contribution in [0, 0.1) is 11.6 Å². The number of nitrogens with zero attached hydrogens (tertiary/aromatic N) is 3. The van der Waals surface area contributed by atoms with Crippen molar-refractivity contribution in [1.82, 2.24) is 9.58 Å². The normalized spacial score (nSPS) is 19.8. The number of carbonyl (C=O) groups is 2. The minimum Gasteiger partial charge on any atom is -0.451 e. The zero-order valence-electron chi connectivity index (χ0n) is 20.7. The number of benzene rings is 1. The average molecular weight is 576 g/mol. The topological polar surface area (TPSA) is 90.3 Å². The van der Waals surface area contributed by atoms with Crippen LogP contribution >= 0.6 is 23.1 Å². The quantitative estimate of drug-likeness (QED) is 0.329. The number of hydrogen-bond acceptors (Lipinski definition) is 9. The van der Waals surface area contributed by atoms with Crippen molar-refractivity contribution in [2.45, 2.75) is 41.4 Å². The molecule has 0 radical (unpaired) electrons. The van der Waals surface area contributed by atoms with Gasteiger partial charge in [-0.2, -0.15) is 0 Å². The van der Waals surface area contributed by atoms with E-state index in [0.717, 1.165) is 35.8 Å². The molecule has 5 heterocycles. The predicted octanol–water partition coefficient (Wildman–Crippen LogP) is 4.61. The number of thiophene rings is 1. The van der Waals surface area contributed by atoms with Crippen LogP contribution in [0.2, 0.25) is 0 Å². The molecule has 39 heavy (non-hydrogen) atoms. The van der Waals surface area contributed by atoms with Crippen molar-refractivity contribution in [3.8, 4) is 5.75 Å². The lowest BCUT2D eigenvalue weighted by molar-refractivity contribution is 0.0126. The van der Waals surface area contributed by atoms with Crippen molar-refractivity contribution in [2.75, 3.05) is 25.5 Å². The van der Waals surface area contributed by atoms with E-state index in [0.29, 0.717) is 18.5 Å². The Morgan fingerprint density at radius 2 is 1.97 bits per heavy atom. The summed E-state index contributed by atoms with van der Waals surface area (Å²) in [6, 6.07) is 5.36. The highest BCUT2D eigenvalue weighted by atomic mass is 32.2. The van der Waals surface area contributed by atoms with Crippen molar-refractivity contribution in [2.24, 2.45) is 0 Å². The number of piperidine rings is 1. The smallest absolute Gasteiger partial charge is 0.451 e. The third kappa shape index (κ3) is 4.24. The van der Waals surface area contributed by atoms with Crippen LogP contribution in [0.15, 0.2) is 44.8 Å². The van der Waals surface area contributed by atoms with Gasteiger partial charge in [-0.25, -0.2) is 13.6 Å². The van der Waals surface area contributed by atoms with E-state index < -0.39 is 48.1 Å². The molecule has 13 heteroatoms. The van der Waals surface area contributed by atoms with E-state index in [2.05, 4.69) is 4.74 Å². The summed E-state index contributed by atoms with van der Waals surface area (Å²) in [7, 11) is 1.13. The van der Waals surface area contributed by atoms with Gasteiger partial charge in [-0.3, -0.25) is 19.3 Å². The molecule has 0 aliphatic carbocycles. The van der Waals surface area contributed by atoms with E-state index in [1.165, 1.54) is 35.4 Å². The summed E-state index contributed by atoms with van der Waals surface area (Å²) >= 11 is 2.96.